The minimum atomic E-state index is 0.114. The van der Waals surface area contributed by atoms with Gasteiger partial charge in [-0.1, -0.05) is 23.8 Å². The lowest BCUT2D eigenvalue weighted by Crippen LogP contribution is -2.49. The van der Waals surface area contributed by atoms with Gasteiger partial charge in [-0.2, -0.15) is 5.10 Å². The molecule has 1 saturated heterocycles. The largest absolute Gasteiger partial charge is 0.330 e. The number of carbonyl (C=O) groups excluding carboxylic acids is 1. The van der Waals surface area contributed by atoms with Crippen molar-refractivity contribution in [3.05, 3.63) is 70.9 Å². The number of piperazine rings is 1. The molecule has 7 heteroatoms. The third-order valence-electron chi connectivity index (χ3n) is 5.63. The molecule has 0 unspecified atom stereocenters. The van der Waals surface area contributed by atoms with Gasteiger partial charge in [0, 0.05) is 11.5 Å². The Bertz CT molecular complexity index is 1190. The van der Waals surface area contributed by atoms with E-state index < -0.39 is 0 Å². The Morgan fingerprint density at radius 2 is 1.80 bits per heavy atom. The molecule has 1 aromatic carbocycles. The van der Waals surface area contributed by atoms with Gasteiger partial charge in [0.05, 0.1) is 35.5 Å². The molecule has 1 fully saturated rings. The highest BCUT2D eigenvalue weighted by molar-refractivity contribution is 7.20. The van der Waals surface area contributed by atoms with Gasteiger partial charge in [0.25, 0.3) is 11.7 Å². The van der Waals surface area contributed by atoms with Crippen LogP contribution in [-0.4, -0.2) is 46.8 Å². The number of fused-ring (bicyclic) bond motifs is 1. The van der Waals surface area contributed by atoms with Crippen LogP contribution < -0.4 is 9.88 Å². The lowest BCUT2D eigenvalue weighted by atomic mass is 10.2. The van der Waals surface area contributed by atoms with E-state index in [1.165, 1.54) is 16.9 Å². The summed E-state index contributed by atoms with van der Waals surface area (Å²) in [5, 5.41) is 5.76. The van der Waals surface area contributed by atoms with Gasteiger partial charge < -0.3 is 4.90 Å². The van der Waals surface area contributed by atoms with Gasteiger partial charge in [0.15, 0.2) is 0 Å². The maximum Gasteiger partial charge on any atom is 0.274 e. The molecule has 5 rings (SSSR count). The molecular formula is C23H24N5OS+. The van der Waals surface area contributed by atoms with Crippen LogP contribution in [0.1, 0.15) is 20.9 Å². The SMILES string of the molecule is Cc1ccc(-n2nc(C)c3cc(C(=O)N4CCN(c5cccc[nH+]5)CC4)sc32)cc1. The first-order chi connectivity index (χ1) is 14.6. The van der Waals surface area contributed by atoms with Crippen LogP contribution in [0.2, 0.25) is 0 Å². The first-order valence-corrected chi connectivity index (χ1v) is 11.0. The molecule has 30 heavy (non-hydrogen) atoms. The summed E-state index contributed by atoms with van der Waals surface area (Å²) >= 11 is 1.53. The van der Waals surface area contributed by atoms with Crippen LogP contribution in [0.15, 0.2) is 54.7 Å². The van der Waals surface area contributed by atoms with Gasteiger partial charge in [-0.3, -0.25) is 9.69 Å². The van der Waals surface area contributed by atoms with Gasteiger partial charge in [-0.25, -0.2) is 9.67 Å². The normalized spacial score (nSPS) is 14.5. The van der Waals surface area contributed by atoms with Gasteiger partial charge in [0.2, 0.25) is 0 Å². The number of aryl methyl sites for hydroxylation is 2. The number of anilines is 1. The summed E-state index contributed by atoms with van der Waals surface area (Å²) in [6.07, 6.45) is 1.93. The Morgan fingerprint density at radius 3 is 2.50 bits per heavy atom. The van der Waals surface area contributed by atoms with E-state index >= 15 is 0 Å². The van der Waals surface area contributed by atoms with Gasteiger partial charge in [-0.15, -0.1) is 11.3 Å². The molecule has 3 aromatic heterocycles. The van der Waals surface area contributed by atoms with Crippen molar-refractivity contribution < 1.29 is 9.78 Å². The van der Waals surface area contributed by atoms with Crippen molar-refractivity contribution >= 4 is 33.3 Å². The number of amides is 1. The highest BCUT2D eigenvalue weighted by Gasteiger charge is 2.28. The van der Waals surface area contributed by atoms with Gasteiger partial charge >= 0.3 is 0 Å². The molecule has 0 saturated carbocycles. The number of pyridine rings is 1. The molecule has 0 radical (unpaired) electrons. The van der Waals surface area contributed by atoms with E-state index in [9.17, 15) is 4.79 Å². The highest BCUT2D eigenvalue weighted by atomic mass is 32.1. The van der Waals surface area contributed by atoms with Crippen molar-refractivity contribution in [2.45, 2.75) is 13.8 Å². The lowest BCUT2D eigenvalue weighted by molar-refractivity contribution is -0.364. The molecule has 152 valence electrons. The van der Waals surface area contributed by atoms with Crippen molar-refractivity contribution in [3.8, 4) is 5.69 Å². The molecule has 0 spiro atoms. The molecule has 0 aliphatic carbocycles. The summed E-state index contributed by atoms with van der Waals surface area (Å²) in [5.41, 5.74) is 3.19. The smallest absolute Gasteiger partial charge is 0.274 e. The number of hydrogen-bond donors (Lipinski definition) is 0. The van der Waals surface area contributed by atoms with Crippen molar-refractivity contribution in [1.29, 1.82) is 0 Å². The first kappa shape index (κ1) is 18.8. The number of H-pyrrole nitrogens is 1. The quantitative estimate of drug-likeness (QED) is 0.512. The van der Waals surface area contributed by atoms with Gasteiger partial charge in [-0.05, 0) is 38.1 Å². The van der Waals surface area contributed by atoms with E-state index in [1.807, 2.05) is 40.9 Å². The molecule has 6 nitrogen and oxygen atoms in total. The fourth-order valence-corrected chi connectivity index (χ4v) is 5.05. The monoisotopic (exact) mass is 418 g/mol. The number of nitrogens with one attached hydrogen (secondary N) is 1. The predicted octanol–water partition coefficient (Wildman–Crippen LogP) is 3.48. The third kappa shape index (κ3) is 3.35. The summed E-state index contributed by atoms with van der Waals surface area (Å²) in [5.74, 6) is 1.21. The number of hydrogen-bond acceptors (Lipinski definition) is 4. The average molecular weight is 419 g/mol. The molecule has 0 bridgehead atoms. The summed E-state index contributed by atoms with van der Waals surface area (Å²) in [6, 6.07) is 16.4. The van der Waals surface area contributed by atoms with Crippen molar-refractivity contribution in [2.24, 2.45) is 0 Å². The number of thiophene rings is 1. The second kappa shape index (κ2) is 7.57. The molecule has 0 atom stereocenters. The number of aromatic amines is 1. The fourth-order valence-electron chi connectivity index (χ4n) is 3.90. The van der Waals surface area contributed by atoms with E-state index in [2.05, 4.69) is 47.1 Å². The summed E-state index contributed by atoms with van der Waals surface area (Å²) in [6.45, 7) is 7.17. The van der Waals surface area contributed by atoms with Crippen LogP contribution in [0.4, 0.5) is 5.82 Å². The standard InChI is InChI=1S/C23H23N5OS/c1-16-6-8-18(9-7-16)28-23-19(17(2)25-28)15-20(30-23)22(29)27-13-11-26(12-14-27)21-5-3-4-10-24-21/h3-10,15H,11-14H2,1-2H3/p+1. The third-order valence-corrected chi connectivity index (χ3v) is 6.73. The summed E-state index contributed by atoms with van der Waals surface area (Å²) < 4.78 is 1.95. The van der Waals surface area contributed by atoms with Crippen LogP contribution in [0.25, 0.3) is 15.9 Å². The van der Waals surface area contributed by atoms with E-state index in [0.717, 1.165) is 58.5 Å². The second-order valence-electron chi connectivity index (χ2n) is 7.69. The minimum Gasteiger partial charge on any atom is -0.330 e. The summed E-state index contributed by atoms with van der Waals surface area (Å²) in [4.78, 5) is 22.5. The number of nitrogens with zero attached hydrogens (tertiary/aromatic N) is 4. The Labute approximate surface area is 179 Å². The van der Waals surface area contributed by atoms with E-state index in [1.54, 1.807) is 0 Å². The van der Waals surface area contributed by atoms with Crippen molar-refractivity contribution in [3.63, 3.8) is 0 Å². The molecule has 1 amide bonds. The minimum absolute atomic E-state index is 0.114. The zero-order valence-corrected chi connectivity index (χ0v) is 17.9. The summed E-state index contributed by atoms with van der Waals surface area (Å²) in [7, 11) is 0. The molecule has 1 aliphatic heterocycles. The first-order valence-electron chi connectivity index (χ1n) is 10.2. The number of carbonyl (C=O) groups is 1. The number of benzene rings is 1. The molecule has 4 heterocycles. The van der Waals surface area contributed by atoms with E-state index in [-0.39, 0.29) is 5.91 Å². The second-order valence-corrected chi connectivity index (χ2v) is 8.72. The molecule has 1 aliphatic rings. The van der Waals surface area contributed by atoms with Crippen molar-refractivity contribution in [1.82, 2.24) is 14.7 Å². The van der Waals surface area contributed by atoms with E-state index in [4.69, 9.17) is 5.10 Å². The van der Waals surface area contributed by atoms with Crippen LogP contribution in [0.3, 0.4) is 0 Å². The van der Waals surface area contributed by atoms with Crippen LogP contribution in [0.5, 0.6) is 0 Å². The number of rotatable bonds is 3. The predicted molar refractivity (Wildman–Crippen MR) is 120 cm³/mol. The van der Waals surface area contributed by atoms with E-state index in [0.29, 0.717) is 0 Å². The topological polar surface area (TPSA) is 55.5 Å². The zero-order chi connectivity index (χ0) is 20.7. The zero-order valence-electron chi connectivity index (χ0n) is 17.1. The van der Waals surface area contributed by atoms with Gasteiger partial charge in [0.1, 0.15) is 17.9 Å². The highest BCUT2D eigenvalue weighted by Crippen LogP contribution is 2.31. The molecule has 1 N–H and O–H groups in total. The molecular weight excluding hydrogens is 394 g/mol. The van der Waals surface area contributed by atoms with Crippen molar-refractivity contribution in [2.75, 3.05) is 31.1 Å². The lowest BCUT2D eigenvalue weighted by Gasteiger charge is -2.30. The van der Waals surface area contributed by atoms with Crippen LogP contribution >= 0.6 is 11.3 Å². The Kier molecular flexibility index (Phi) is 4.75. The maximum absolute atomic E-state index is 13.2. The Balaban J connectivity index is 1.37. The number of aromatic nitrogens is 3. The van der Waals surface area contributed by atoms with Crippen LogP contribution in [-0.2, 0) is 0 Å². The molecule has 4 aromatic rings. The Morgan fingerprint density at radius 1 is 1.03 bits per heavy atom. The maximum atomic E-state index is 13.2. The fraction of sp³-hybridized carbons (Fsp3) is 0.261. The average Bonchev–Trinajstić information content (AvgIpc) is 3.35. The Hall–Kier alpha value is -3.19. The van der Waals surface area contributed by atoms with Crippen LogP contribution in [0, 0.1) is 13.8 Å².